The van der Waals surface area contributed by atoms with Gasteiger partial charge in [-0.3, -0.25) is 9.78 Å². The van der Waals surface area contributed by atoms with Gasteiger partial charge in [0.05, 0.1) is 12.3 Å². The van der Waals surface area contributed by atoms with Gasteiger partial charge < -0.3 is 14.6 Å². The Hall–Kier alpha value is -2.40. The first-order chi connectivity index (χ1) is 10.9. The molecule has 23 heavy (non-hydrogen) atoms. The SMILES string of the molecule is COCCOc1ccc(-c2ccc(C(C)(C)C(=O)O)nc2)cc1. The summed E-state index contributed by atoms with van der Waals surface area (Å²) in [4.78, 5) is 15.6. The maximum atomic E-state index is 11.3. The molecule has 1 aromatic carbocycles. The van der Waals surface area contributed by atoms with Crippen molar-refractivity contribution in [2.75, 3.05) is 20.3 Å². The van der Waals surface area contributed by atoms with E-state index in [1.165, 1.54) is 0 Å². The van der Waals surface area contributed by atoms with Gasteiger partial charge in [-0.2, -0.15) is 0 Å². The number of nitrogens with zero attached hydrogens (tertiary/aromatic N) is 1. The van der Waals surface area contributed by atoms with Crippen LogP contribution in [0.2, 0.25) is 0 Å². The Morgan fingerprint density at radius 2 is 1.74 bits per heavy atom. The molecule has 0 bridgehead atoms. The minimum absolute atomic E-state index is 0.510. The minimum Gasteiger partial charge on any atom is -0.491 e. The molecular weight excluding hydrogens is 294 g/mol. The number of hydrogen-bond donors (Lipinski definition) is 1. The molecule has 0 spiro atoms. The lowest BCUT2D eigenvalue weighted by Crippen LogP contribution is -2.29. The first kappa shape index (κ1) is 17.0. The van der Waals surface area contributed by atoms with Crippen LogP contribution in [0, 0.1) is 0 Å². The third kappa shape index (κ3) is 4.07. The van der Waals surface area contributed by atoms with Crippen molar-refractivity contribution in [3.8, 4) is 16.9 Å². The second-order valence-corrected chi connectivity index (χ2v) is 5.73. The molecule has 5 heteroatoms. The maximum absolute atomic E-state index is 11.3. The molecule has 0 amide bonds. The third-order valence-electron chi connectivity index (χ3n) is 3.68. The zero-order valence-corrected chi connectivity index (χ0v) is 13.6. The van der Waals surface area contributed by atoms with Gasteiger partial charge >= 0.3 is 5.97 Å². The van der Waals surface area contributed by atoms with Crippen molar-refractivity contribution < 1.29 is 19.4 Å². The van der Waals surface area contributed by atoms with Crippen LogP contribution < -0.4 is 4.74 Å². The molecule has 0 saturated heterocycles. The average molecular weight is 315 g/mol. The van der Waals surface area contributed by atoms with Gasteiger partial charge in [0.15, 0.2) is 0 Å². The summed E-state index contributed by atoms with van der Waals surface area (Å²) in [6.45, 7) is 4.34. The molecule has 0 aliphatic rings. The number of rotatable bonds is 7. The average Bonchev–Trinajstić information content (AvgIpc) is 2.56. The van der Waals surface area contributed by atoms with E-state index in [2.05, 4.69) is 4.98 Å². The van der Waals surface area contributed by atoms with E-state index in [4.69, 9.17) is 9.47 Å². The molecule has 2 aromatic rings. The molecular formula is C18H21NO4. The Bertz CT molecular complexity index is 648. The Kier molecular flexibility index (Phi) is 5.34. The van der Waals surface area contributed by atoms with Crippen LogP contribution in [0.3, 0.4) is 0 Å². The normalized spacial score (nSPS) is 11.3. The summed E-state index contributed by atoms with van der Waals surface area (Å²) in [6.07, 6.45) is 1.70. The van der Waals surface area contributed by atoms with Crippen molar-refractivity contribution in [2.45, 2.75) is 19.3 Å². The maximum Gasteiger partial charge on any atom is 0.315 e. The number of aromatic nitrogens is 1. The summed E-state index contributed by atoms with van der Waals surface area (Å²) >= 11 is 0. The number of aliphatic carboxylic acids is 1. The molecule has 122 valence electrons. The monoisotopic (exact) mass is 315 g/mol. The van der Waals surface area contributed by atoms with Crippen molar-refractivity contribution in [1.82, 2.24) is 4.98 Å². The molecule has 0 unspecified atom stereocenters. The molecule has 1 heterocycles. The fraction of sp³-hybridized carbons (Fsp3) is 0.333. The van der Waals surface area contributed by atoms with Crippen LogP contribution >= 0.6 is 0 Å². The van der Waals surface area contributed by atoms with Gasteiger partial charge in [-0.05, 0) is 37.6 Å². The number of carbonyl (C=O) groups is 1. The van der Waals surface area contributed by atoms with Crippen molar-refractivity contribution in [3.05, 3.63) is 48.3 Å². The smallest absolute Gasteiger partial charge is 0.315 e. The molecule has 0 atom stereocenters. The van der Waals surface area contributed by atoms with Crippen molar-refractivity contribution in [2.24, 2.45) is 0 Å². The highest BCUT2D eigenvalue weighted by Crippen LogP contribution is 2.26. The number of benzene rings is 1. The fourth-order valence-corrected chi connectivity index (χ4v) is 2.03. The van der Waals surface area contributed by atoms with E-state index in [1.54, 1.807) is 33.2 Å². The Labute approximate surface area is 135 Å². The topological polar surface area (TPSA) is 68.7 Å². The zero-order chi connectivity index (χ0) is 16.9. The molecule has 0 fully saturated rings. The van der Waals surface area contributed by atoms with Crippen LogP contribution in [0.1, 0.15) is 19.5 Å². The highest BCUT2D eigenvalue weighted by Gasteiger charge is 2.30. The summed E-state index contributed by atoms with van der Waals surface area (Å²) < 4.78 is 10.5. The van der Waals surface area contributed by atoms with Gasteiger partial charge in [-0.25, -0.2) is 0 Å². The Morgan fingerprint density at radius 3 is 2.26 bits per heavy atom. The van der Waals surface area contributed by atoms with Crippen LogP contribution in [-0.2, 0) is 14.9 Å². The molecule has 0 aliphatic heterocycles. The number of methoxy groups -OCH3 is 1. The minimum atomic E-state index is -1.00. The highest BCUT2D eigenvalue weighted by atomic mass is 16.5. The third-order valence-corrected chi connectivity index (χ3v) is 3.68. The van der Waals surface area contributed by atoms with E-state index in [9.17, 15) is 9.90 Å². The van der Waals surface area contributed by atoms with Gasteiger partial charge in [0, 0.05) is 18.9 Å². The van der Waals surface area contributed by atoms with Crippen LogP contribution in [0.4, 0.5) is 0 Å². The Balaban J connectivity index is 2.12. The number of carboxylic acid groups (broad SMARTS) is 1. The quantitative estimate of drug-likeness (QED) is 0.795. The predicted molar refractivity (Wildman–Crippen MR) is 87.7 cm³/mol. The molecule has 0 radical (unpaired) electrons. The van der Waals surface area contributed by atoms with Crippen LogP contribution in [0.25, 0.3) is 11.1 Å². The van der Waals surface area contributed by atoms with E-state index in [-0.39, 0.29) is 0 Å². The van der Waals surface area contributed by atoms with E-state index in [1.807, 2.05) is 30.3 Å². The summed E-state index contributed by atoms with van der Waals surface area (Å²) in [5.41, 5.74) is 1.46. The number of hydrogen-bond acceptors (Lipinski definition) is 4. The molecule has 0 aliphatic carbocycles. The number of carboxylic acids is 1. The molecule has 1 N–H and O–H groups in total. The Morgan fingerprint density at radius 1 is 1.09 bits per heavy atom. The lowest BCUT2D eigenvalue weighted by Gasteiger charge is -2.18. The predicted octanol–water partition coefficient (Wildman–Crippen LogP) is 3.14. The van der Waals surface area contributed by atoms with Gasteiger partial charge in [0.1, 0.15) is 17.8 Å². The van der Waals surface area contributed by atoms with Crippen LogP contribution in [0.5, 0.6) is 5.75 Å². The van der Waals surface area contributed by atoms with E-state index < -0.39 is 11.4 Å². The molecule has 5 nitrogen and oxygen atoms in total. The second kappa shape index (κ2) is 7.24. The zero-order valence-electron chi connectivity index (χ0n) is 13.6. The standard InChI is InChI=1S/C18H21NO4/c1-18(2,17(20)21)16-9-6-14(12-19-16)13-4-7-15(8-5-13)23-11-10-22-3/h4-9,12H,10-11H2,1-3H3,(H,20,21). The largest absolute Gasteiger partial charge is 0.491 e. The van der Waals surface area contributed by atoms with Crippen molar-refractivity contribution in [1.29, 1.82) is 0 Å². The van der Waals surface area contributed by atoms with Gasteiger partial charge in [0.2, 0.25) is 0 Å². The number of ether oxygens (including phenoxy) is 2. The summed E-state index contributed by atoms with van der Waals surface area (Å²) in [6, 6.07) is 11.3. The second-order valence-electron chi connectivity index (χ2n) is 5.73. The molecule has 0 saturated carbocycles. The van der Waals surface area contributed by atoms with Crippen LogP contribution in [0.15, 0.2) is 42.6 Å². The van der Waals surface area contributed by atoms with E-state index >= 15 is 0 Å². The van der Waals surface area contributed by atoms with Gasteiger partial charge in [0.25, 0.3) is 0 Å². The lowest BCUT2D eigenvalue weighted by molar-refractivity contribution is -0.142. The van der Waals surface area contributed by atoms with E-state index in [0.717, 1.165) is 16.9 Å². The lowest BCUT2D eigenvalue weighted by atomic mass is 9.88. The fourth-order valence-electron chi connectivity index (χ4n) is 2.03. The van der Waals surface area contributed by atoms with Crippen molar-refractivity contribution >= 4 is 5.97 Å². The molecule has 1 aromatic heterocycles. The first-order valence-corrected chi connectivity index (χ1v) is 7.37. The summed E-state index contributed by atoms with van der Waals surface area (Å²) in [7, 11) is 1.63. The van der Waals surface area contributed by atoms with E-state index in [0.29, 0.717) is 18.9 Å². The highest BCUT2D eigenvalue weighted by molar-refractivity contribution is 5.79. The summed E-state index contributed by atoms with van der Waals surface area (Å²) in [5, 5.41) is 9.24. The molecule has 2 rings (SSSR count). The van der Waals surface area contributed by atoms with Gasteiger partial charge in [-0.1, -0.05) is 18.2 Å². The van der Waals surface area contributed by atoms with Crippen molar-refractivity contribution in [3.63, 3.8) is 0 Å². The number of pyridine rings is 1. The van der Waals surface area contributed by atoms with Crippen LogP contribution in [-0.4, -0.2) is 36.4 Å². The van der Waals surface area contributed by atoms with Gasteiger partial charge in [-0.15, -0.1) is 0 Å². The first-order valence-electron chi connectivity index (χ1n) is 7.37. The summed E-state index contributed by atoms with van der Waals surface area (Å²) in [5.74, 6) is -0.113.